The van der Waals surface area contributed by atoms with Crippen LogP contribution in [0.25, 0.3) is 0 Å². The number of aromatic hydroxyl groups is 1. The minimum absolute atomic E-state index is 0.0259. The van der Waals surface area contributed by atoms with Crippen LogP contribution in [-0.4, -0.2) is 17.1 Å². The third kappa shape index (κ3) is 3.22. The van der Waals surface area contributed by atoms with E-state index < -0.39 is 4.92 Å². The quantitative estimate of drug-likeness (QED) is 0.675. The van der Waals surface area contributed by atoms with Crippen molar-refractivity contribution >= 4 is 5.69 Å². The topological polar surface area (TPSA) is 81.8 Å². The molecule has 0 saturated carbocycles. The summed E-state index contributed by atoms with van der Waals surface area (Å²) < 4.78 is 10.8. The van der Waals surface area contributed by atoms with Gasteiger partial charge in [-0.2, -0.15) is 0 Å². The molecule has 6 heteroatoms. The summed E-state index contributed by atoms with van der Waals surface area (Å²) in [7, 11) is 1.49. The Morgan fingerprint density at radius 2 is 2.00 bits per heavy atom. The van der Waals surface area contributed by atoms with E-state index in [0.717, 1.165) is 0 Å². The van der Waals surface area contributed by atoms with Crippen LogP contribution in [0.4, 0.5) is 5.69 Å². The van der Waals surface area contributed by atoms with Crippen LogP contribution in [0.3, 0.4) is 0 Å². The fourth-order valence-electron chi connectivity index (χ4n) is 1.91. The molecule has 0 aliphatic heterocycles. The number of ether oxygens (including phenoxy) is 2. The van der Waals surface area contributed by atoms with Crippen LogP contribution in [0.5, 0.6) is 17.2 Å². The standard InChI is InChI=1S/C15H15NO5/c1-10-13(17)4-3-5-14(10)21-9-11-8-12(16(18)19)6-7-15(11)20-2/h3-8,17H,9H2,1-2H3. The first-order valence-electron chi connectivity index (χ1n) is 6.25. The Hall–Kier alpha value is -2.76. The monoisotopic (exact) mass is 289 g/mol. The Morgan fingerprint density at radius 1 is 1.24 bits per heavy atom. The highest BCUT2D eigenvalue weighted by Crippen LogP contribution is 2.29. The van der Waals surface area contributed by atoms with E-state index in [-0.39, 0.29) is 18.0 Å². The lowest BCUT2D eigenvalue weighted by atomic mass is 10.1. The molecule has 2 rings (SSSR count). The lowest BCUT2D eigenvalue weighted by molar-refractivity contribution is -0.385. The second kappa shape index (κ2) is 6.13. The second-order valence-corrected chi connectivity index (χ2v) is 4.44. The van der Waals surface area contributed by atoms with Crippen molar-refractivity contribution < 1.29 is 19.5 Å². The molecule has 0 unspecified atom stereocenters. The minimum atomic E-state index is -0.470. The van der Waals surface area contributed by atoms with E-state index in [1.165, 1.54) is 25.3 Å². The third-order valence-corrected chi connectivity index (χ3v) is 3.11. The lowest BCUT2D eigenvalue weighted by Crippen LogP contribution is -2.01. The predicted molar refractivity (Wildman–Crippen MR) is 76.8 cm³/mol. The van der Waals surface area contributed by atoms with E-state index in [1.807, 2.05) is 0 Å². The van der Waals surface area contributed by atoms with E-state index in [1.54, 1.807) is 25.1 Å². The highest BCUT2D eigenvalue weighted by molar-refractivity contribution is 5.45. The molecule has 0 heterocycles. The number of nitrogens with zero attached hydrogens (tertiary/aromatic N) is 1. The van der Waals surface area contributed by atoms with Gasteiger partial charge in [0.05, 0.1) is 12.0 Å². The molecule has 0 aromatic heterocycles. The Bertz CT molecular complexity index is 669. The van der Waals surface area contributed by atoms with Crippen molar-refractivity contribution in [2.75, 3.05) is 7.11 Å². The molecule has 2 aromatic rings. The Kier molecular flexibility index (Phi) is 4.27. The maximum atomic E-state index is 10.8. The summed E-state index contributed by atoms with van der Waals surface area (Å²) >= 11 is 0. The molecule has 21 heavy (non-hydrogen) atoms. The molecular weight excluding hydrogens is 274 g/mol. The number of nitro groups is 1. The summed E-state index contributed by atoms with van der Waals surface area (Å²) in [5.74, 6) is 1.17. The molecule has 1 N–H and O–H groups in total. The van der Waals surface area contributed by atoms with Crippen LogP contribution >= 0.6 is 0 Å². The summed E-state index contributed by atoms with van der Waals surface area (Å²) in [4.78, 5) is 10.3. The van der Waals surface area contributed by atoms with Crippen LogP contribution < -0.4 is 9.47 Å². The van der Waals surface area contributed by atoms with Gasteiger partial charge in [-0.1, -0.05) is 6.07 Å². The highest BCUT2D eigenvalue weighted by atomic mass is 16.6. The number of non-ortho nitro benzene ring substituents is 1. The molecule has 0 radical (unpaired) electrons. The van der Waals surface area contributed by atoms with Gasteiger partial charge in [-0.15, -0.1) is 0 Å². The highest BCUT2D eigenvalue weighted by Gasteiger charge is 2.12. The number of hydrogen-bond donors (Lipinski definition) is 1. The number of benzene rings is 2. The molecule has 2 aromatic carbocycles. The van der Waals surface area contributed by atoms with Crippen LogP contribution in [-0.2, 0) is 6.61 Å². The smallest absolute Gasteiger partial charge is 0.270 e. The van der Waals surface area contributed by atoms with Gasteiger partial charge < -0.3 is 14.6 Å². The molecule has 0 aliphatic rings. The van der Waals surface area contributed by atoms with E-state index in [0.29, 0.717) is 22.6 Å². The van der Waals surface area contributed by atoms with Gasteiger partial charge in [-0.25, -0.2) is 0 Å². The summed E-state index contributed by atoms with van der Waals surface area (Å²) in [5, 5.41) is 20.4. The van der Waals surface area contributed by atoms with E-state index in [2.05, 4.69) is 0 Å². The van der Waals surface area contributed by atoms with Crippen LogP contribution in [0, 0.1) is 17.0 Å². The number of rotatable bonds is 5. The third-order valence-electron chi connectivity index (χ3n) is 3.11. The van der Waals surface area contributed by atoms with Gasteiger partial charge in [0.15, 0.2) is 0 Å². The van der Waals surface area contributed by atoms with Crippen LogP contribution in [0.2, 0.25) is 0 Å². The molecule has 0 fully saturated rings. The van der Waals surface area contributed by atoms with E-state index >= 15 is 0 Å². The minimum Gasteiger partial charge on any atom is -0.508 e. The normalized spacial score (nSPS) is 10.2. The average molecular weight is 289 g/mol. The molecule has 0 aliphatic carbocycles. The summed E-state index contributed by atoms with van der Waals surface area (Å²) in [6, 6.07) is 9.28. The molecular formula is C15H15NO5. The molecule has 110 valence electrons. The molecule has 0 spiro atoms. The van der Waals surface area contributed by atoms with Crippen molar-refractivity contribution in [2.45, 2.75) is 13.5 Å². The van der Waals surface area contributed by atoms with Crippen molar-refractivity contribution in [3.8, 4) is 17.2 Å². The maximum absolute atomic E-state index is 10.8. The lowest BCUT2D eigenvalue weighted by Gasteiger charge is -2.12. The summed E-state index contributed by atoms with van der Waals surface area (Å²) in [5.41, 5.74) is 1.15. The zero-order valence-corrected chi connectivity index (χ0v) is 11.7. The number of hydrogen-bond acceptors (Lipinski definition) is 5. The number of phenols is 1. The van der Waals surface area contributed by atoms with Crippen molar-refractivity contribution in [3.63, 3.8) is 0 Å². The summed E-state index contributed by atoms with van der Waals surface area (Å²) in [6.07, 6.45) is 0. The fourth-order valence-corrected chi connectivity index (χ4v) is 1.91. The van der Waals surface area contributed by atoms with E-state index in [9.17, 15) is 15.2 Å². The van der Waals surface area contributed by atoms with Gasteiger partial charge in [0.1, 0.15) is 23.9 Å². The van der Waals surface area contributed by atoms with Gasteiger partial charge >= 0.3 is 0 Å². The van der Waals surface area contributed by atoms with Gasteiger partial charge in [0.2, 0.25) is 0 Å². The van der Waals surface area contributed by atoms with Crippen LogP contribution in [0.15, 0.2) is 36.4 Å². The van der Waals surface area contributed by atoms with E-state index in [4.69, 9.17) is 9.47 Å². The molecule has 0 saturated heterocycles. The van der Waals surface area contributed by atoms with Crippen LogP contribution in [0.1, 0.15) is 11.1 Å². The van der Waals surface area contributed by atoms with Gasteiger partial charge in [-0.05, 0) is 25.1 Å². The first kappa shape index (κ1) is 14.6. The van der Waals surface area contributed by atoms with Crippen molar-refractivity contribution in [1.29, 1.82) is 0 Å². The summed E-state index contributed by atoms with van der Waals surface area (Å²) in [6.45, 7) is 1.84. The van der Waals surface area contributed by atoms with Gasteiger partial charge in [-0.3, -0.25) is 10.1 Å². The molecule has 0 atom stereocenters. The Balaban J connectivity index is 2.24. The largest absolute Gasteiger partial charge is 0.508 e. The Morgan fingerprint density at radius 3 is 2.67 bits per heavy atom. The molecule has 0 bridgehead atoms. The van der Waals surface area contributed by atoms with Gasteiger partial charge in [0, 0.05) is 23.3 Å². The average Bonchev–Trinajstić information content (AvgIpc) is 2.48. The number of nitro benzene ring substituents is 1. The molecule has 6 nitrogen and oxygen atoms in total. The van der Waals surface area contributed by atoms with Crippen molar-refractivity contribution in [2.24, 2.45) is 0 Å². The second-order valence-electron chi connectivity index (χ2n) is 4.44. The number of phenolic OH excluding ortho intramolecular Hbond substituents is 1. The number of methoxy groups -OCH3 is 1. The Labute approximate surface area is 121 Å². The fraction of sp³-hybridized carbons (Fsp3) is 0.200. The first-order valence-corrected chi connectivity index (χ1v) is 6.25. The SMILES string of the molecule is COc1ccc([N+](=O)[O-])cc1COc1cccc(O)c1C. The van der Waals surface area contributed by atoms with Crippen molar-refractivity contribution in [3.05, 3.63) is 57.6 Å². The first-order chi connectivity index (χ1) is 10.0. The maximum Gasteiger partial charge on any atom is 0.270 e. The van der Waals surface area contributed by atoms with Gasteiger partial charge in [0.25, 0.3) is 5.69 Å². The molecule has 0 amide bonds. The van der Waals surface area contributed by atoms with Crippen molar-refractivity contribution in [1.82, 2.24) is 0 Å². The zero-order chi connectivity index (χ0) is 15.4. The zero-order valence-electron chi connectivity index (χ0n) is 11.7. The predicted octanol–water partition coefficient (Wildman–Crippen LogP) is 3.20.